The zero-order chi connectivity index (χ0) is 21.0. The van der Waals surface area contributed by atoms with Crippen molar-refractivity contribution in [2.75, 3.05) is 25.0 Å². The summed E-state index contributed by atoms with van der Waals surface area (Å²) in [6.45, 7) is 1.40. The second kappa shape index (κ2) is 8.42. The van der Waals surface area contributed by atoms with Crippen LogP contribution < -0.4 is 14.8 Å². The highest BCUT2D eigenvalue weighted by Crippen LogP contribution is 2.34. The summed E-state index contributed by atoms with van der Waals surface area (Å²) >= 11 is 0. The number of halogens is 3. The maximum atomic E-state index is 13.1. The van der Waals surface area contributed by atoms with Crippen molar-refractivity contribution in [1.29, 1.82) is 0 Å². The number of benzene rings is 2. The van der Waals surface area contributed by atoms with Crippen LogP contribution in [0.2, 0.25) is 0 Å². The number of nitrogens with zero attached hydrogens (tertiary/aromatic N) is 1. The van der Waals surface area contributed by atoms with E-state index in [2.05, 4.69) is 5.32 Å². The molecule has 1 atom stereocenters. The molecule has 1 aliphatic rings. The first-order chi connectivity index (χ1) is 13.8. The molecule has 154 valence electrons. The third kappa shape index (κ3) is 4.79. The van der Waals surface area contributed by atoms with Gasteiger partial charge in [0.25, 0.3) is 5.91 Å². The number of carbonyl (C=O) groups is 2. The van der Waals surface area contributed by atoms with Gasteiger partial charge in [-0.25, -0.2) is 0 Å². The molecule has 0 aliphatic carbocycles. The molecule has 0 saturated heterocycles. The fourth-order valence-corrected chi connectivity index (χ4v) is 2.89. The molecule has 0 aromatic heterocycles. The molecular weight excluding hydrogens is 389 g/mol. The van der Waals surface area contributed by atoms with Gasteiger partial charge < -0.3 is 19.7 Å². The quantitative estimate of drug-likeness (QED) is 0.824. The highest BCUT2D eigenvalue weighted by molar-refractivity contribution is 5.95. The van der Waals surface area contributed by atoms with Gasteiger partial charge in [0, 0.05) is 6.54 Å². The van der Waals surface area contributed by atoms with Gasteiger partial charge in [0.2, 0.25) is 12.0 Å². The summed E-state index contributed by atoms with van der Waals surface area (Å²) in [5.41, 5.74) is -1.32. The molecule has 29 heavy (non-hydrogen) atoms. The predicted octanol–water partition coefficient (Wildman–Crippen LogP) is 3.33. The number of anilines is 1. The molecule has 2 aromatic rings. The van der Waals surface area contributed by atoms with E-state index >= 15 is 0 Å². The normalized spacial score (nSPS) is 15.5. The largest absolute Gasteiger partial charge is 0.485 e. The molecule has 0 bridgehead atoms. The number of hydrogen-bond donors (Lipinski definition) is 1. The molecular formula is C20H19F3N2O4. The van der Waals surface area contributed by atoms with Crippen LogP contribution in [-0.4, -0.2) is 42.5 Å². The van der Waals surface area contributed by atoms with E-state index in [-0.39, 0.29) is 18.8 Å². The van der Waals surface area contributed by atoms with Gasteiger partial charge in [0.15, 0.2) is 11.5 Å². The van der Waals surface area contributed by atoms with Crippen molar-refractivity contribution in [3.05, 3.63) is 54.1 Å². The van der Waals surface area contributed by atoms with E-state index in [9.17, 15) is 22.8 Å². The van der Waals surface area contributed by atoms with E-state index in [1.165, 1.54) is 17.0 Å². The van der Waals surface area contributed by atoms with E-state index in [4.69, 9.17) is 9.47 Å². The zero-order valence-electron chi connectivity index (χ0n) is 15.5. The highest BCUT2D eigenvalue weighted by atomic mass is 19.4. The van der Waals surface area contributed by atoms with Crippen LogP contribution in [0, 0.1) is 0 Å². The summed E-state index contributed by atoms with van der Waals surface area (Å²) < 4.78 is 50.4. The van der Waals surface area contributed by atoms with E-state index < -0.39 is 36.2 Å². The summed E-state index contributed by atoms with van der Waals surface area (Å²) in [6, 6.07) is 11.5. The zero-order valence-corrected chi connectivity index (χ0v) is 15.5. The lowest BCUT2D eigenvalue weighted by Crippen LogP contribution is -2.48. The Morgan fingerprint density at radius 3 is 2.45 bits per heavy atom. The maximum absolute atomic E-state index is 13.1. The monoisotopic (exact) mass is 408 g/mol. The van der Waals surface area contributed by atoms with E-state index in [0.29, 0.717) is 11.5 Å². The van der Waals surface area contributed by atoms with Gasteiger partial charge >= 0.3 is 6.18 Å². The second-order valence-corrected chi connectivity index (χ2v) is 6.31. The van der Waals surface area contributed by atoms with Crippen molar-refractivity contribution in [3.63, 3.8) is 0 Å². The Hall–Kier alpha value is -3.23. The van der Waals surface area contributed by atoms with Crippen LogP contribution in [-0.2, 0) is 15.8 Å². The van der Waals surface area contributed by atoms with Crippen LogP contribution >= 0.6 is 0 Å². The van der Waals surface area contributed by atoms with E-state index in [1.807, 2.05) is 0 Å². The summed E-state index contributed by atoms with van der Waals surface area (Å²) in [5.74, 6) is -0.298. The average molecular weight is 408 g/mol. The minimum absolute atomic E-state index is 0.0229. The van der Waals surface area contributed by atoms with E-state index in [1.54, 1.807) is 31.2 Å². The Morgan fingerprint density at radius 2 is 1.76 bits per heavy atom. The van der Waals surface area contributed by atoms with Crippen LogP contribution in [0.15, 0.2) is 48.5 Å². The molecule has 0 spiro atoms. The first-order valence-corrected chi connectivity index (χ1v) is 8.93. The van der Waals surface area contributed by atoms with Gasteiger partial charge in [0.05, 0.1) is 17.8 Å². The Kier molecular flexibility index (Phi) is 5.95. The molecule has 1 heterocycles. The molecule has 9 heteroatoms. The molecule has 2 aromatic carbocycles. The number of amides is 2. The fourth-order valence-electron chi connectivity index (χ4n) is 2.89. The van der Waals surface area contributed by atoms with Gasteiger partial charge in [-0.2, -0.15) is 13.2 Å². The SMILES string of the molecule is CCN(CC(=O)Nc1ccccc1C(F)(F)F)C(=O)[C@H]1COc2ccccc2O1. The topological polar surface area (TPSA) is 67.9 Å². The lowest BCUT2D eigenvalue weighted by molar-refractivity contribution is -0.143. The summed E-state index contributed by atoms with van der Waals surface area (Å²) in [6.07, 6.45) is -5.55. The molecule has 0 saturated carbocycles. The molecule has 1 aliphatic heterocycles. The van der Waals surface area contributed by atoms with Crippen molar-refractivity contribution in [2.45, 2.75) is 19.2 Å². The smallest absolute Gasteiger partial charge is 0.418 e. The lowest BCUT2D eigenvalue weighted by Gasteiger charge is -2.30. The molecule has 6 nitrogen and oxygen atoms in total. The summed E-state index contributed by atoms with van der Waals surface area (Å²) in [5, 5.41) is 2.23. The van der Waals surface area contributed by atoms with Crippen LogP contribution in [0.5, 0.6) is 11.5 Å². The van der Waals surface area contributed by atoms with Crippen LogP contribution in [0.3, 0.4) is 0 Å². The first kappa shape index (κ1) is 20.5. The Labute approximate surface area is 165 Å². The molecule has 0 unspecified atom stereocenters. The number of nitrogens with one attached hydrogen (secondary N) is 1. The minimum atomic E-state index is -4.61. The van der Waals surface area contributed by atoms with Crippen molar-refractivity contribution in [3.8, 4) is 11.5 Å². The standard InChI is InChI=1S/C20H19F3N2O4/c1-2-25(19(27)17-12-28-15-9-5-6-10-16(15)29-17)11-18(26)24-14-8-4-3-7-13(14)20(21,22)23/h3-10,17H,2,11-12H2,1H3,(H,24,26)/t17-/m1/s1. The number of fused-ring (bicyclic) bond motifs is 1. The molecule has 0 fully saturated rings. The molecule has 3 rings (SSSR count). The average Bonchev–Trinajstić information content (AvgIpc) is 2.70. The van der Waals surface area contributed by atoms with Crippen molar-refractivity contribution < 1.29 is 32.2 Å². The third-order valence-corrected chi connectivity index (χ3v) is 4.32. The number of para-hydroxylation sites is 3. The van der Waals surface area contributed by atoms with E-state index in [0.717, 1.165) is 12.1 Å². The number of ether oxygens (including phenoxy) is 2. The molecule has 2 amide bonds. The predicted molar refractivity (Wildman–Crippen MR) is 98.7 cm³/mol. The van der Waals surface area contributed by atoms with Crippen molar-refractivity contribution >= 4 is 17.5 Å². The van der Waals surface area contributed by atoms with Crippen LogP contribution in [0.25, 0.3) is 0 Å². The van der Waals surface area contributed by atoms with Gasteiger partial charge in [-0.3, -0.25) is 9.59 Å². The van der Waals surface area contributed by atoms with Gasteiger partial charge in [-0.15, -0.1) is 0 Å². The molecule has 1 N–H and O–H groups in total. The maximum Gasteiger partial charge on any atom is 0.418 e. The van der Waals surface area contributed by atoms with Gasteiger partial charge in [0.1, 0.15) is 6.61 Å². The van der Waals surface area contributed by atoms with Gasteiger partial charge in [-0.05, 0) is 31.2 Å². The van der Waals surface area contributed by atoms with Crippen molar-refractivity contribution in [2.24, 2.45) is 0 Å². The number of carbonyl (C=O) groups excluding carboxylic acids is 2. The summed E-state index contributed by atoms with van der Waals surface area (Å²) in [7, 11) is 0. The first-order valence-electron chi connectivity index (χ1n) is 8.93. The van der Waals surface area contributed by atoms with Crippen LogP contribution in [0.4, 0.5) is 18.9 Å². The number of alkyl halides is 3. The van der Waals surface area contributed by atoms with Gasteiger partial charge in [-0.1, -0.05) is 24.3 Å². The summed E-state index contributed by atoms with van der Waals surface area (Å²) in [4.78, 5) is 26.2. The highest BCUT2D eigenvalue weighted by Gasteiger charge is 2.34. The van der Waals surface area contributed by atoms with Crippen molar-refractivity contribution in [1.82, 2.24) is 4.90 Å². The third-order valence-electron chi connectivity index (χ3n) is 4.32. The minimum Gasteiger partial charge on any atom is -0.485 e. The Balaban J connectivity index is 1.66. The second-order valence-electron chi connectivity index (χ2n) is 6.31. The number of likely N-dealkylation sites (N-methyl/N-ethyl adjacent to an activating group) is 1. The Bertz CT molecular complexity index is 901. The lowest BCUT2D eigenvalue weighted by atomic mass is 10.1. The number of rotatable bonds is 5. The Morgan fingerprint density at radius 1 is 1.10 bits per heavy atom. The molecule has 0 radical (unpaired) electrons. The van der Waals surface area contributed by atoms with Crippen LogP contribution in [0.1, 0.15) is 12.5 Å². The fraction of sp³-hybridized carbons (Fsp3) is 0.300. The number of hydrogen-bond acceptors (Lipinski definition) is 4.